The summed E-state index contributed by atoms with van der Waals surface area (Å²) in [6, 6.07) is 11.7. The van der Waals surface area contributed by atoms with Gasteiger partial charge >= 0.3 is 0 Å². The van der Waals surface area contributed by atoms with Crippen LogP contribution in [0.2, 0.25) is 5.02 Å². The number of hydrogen-bond acceptors (Lipinski definition) is 2. The smallest absolute Gasteiger partial charge is 0.170 e. The third kappa shape index (κ3) is 4.47. The summed E-state index contributed by atoms with van der Waals surface area (Å²) in [6.07, 6.45) is 2.61. The van der Waals surface area contributed by atoms with Crippen LogP contribution in [0.3, 0.4) is 0 Å². The van der Waals surface area contributed by atoms with E-state index in [0.29, 0.717) is 10.1 Å². The second-order valence-corrected chi connectivity index (χ2v) is 5.25. The van der Waals surface area contributed by atoms with E-state index in [1.54, 1.807) is 6.20 Å². The Kier molecular flexibility index (Phi) is 5.32. The van der Waals surface area contributed by atoms with Gasteiger partial charge in [0.05, 0.1) is 10.7 Å². The Hall–Kier alpha value is -1.65. The first-order chi connectivity index (χ1) is 9.65. The lowest BCUT2D eigenvalue weighted by atomic mass is 10.2. The maximum Gasteiger partial charge on any atom is 0.170 e. The number of pyridine rings is 1. The Morgan fingerprint density at radius 2 is 2.15 bits per heavy atom. The molecule has 0 aliphatic rings. The van der Waals surface area contributed by atoms with Gasteiger partial charge < -0.3 is 10.6 Å². The lowest BCUT2D eigenvalue weighted by Gasteiger charge is -2.12. The summed E-state index contributed by atoms with van der Waals surface area (Å²) in [6.45, 7) is 2.73. The molecular formula is C15H16ClN3S. The van der Waals surface area contributed by atoms with E-state index in [2.05, 4.69) is 15.6 Å². The fourth-order valence-corrected chi connectivity index (χ4v) is 2.23. The van der Waals surface area contributed by atoms with E-state index in [1.165, 1.54) is 0 Å². The van der Waals surface area contributed by atoms with E-state index in [4.69, 9.17) is 23.8 Å². The minimum Gasteiger partial charge on any atom is -0.362 e. The Morgan fingerprint density at radius 3 is 2.85 bits per heavy atom. The van der Waals surface area contributed by atoms with Crippen molar-refractivity contribution >= 4 is 34.6 Å². The van der Waals surface area contributed by atoms with Gasteiger partial charge in [-0.1, -0.05) is 23.7 Å². The largest absolute Gasteiger partial charge is 0.362 e. The van der Waals surface area contributed by atoms with Gasteiger partial charge in [0.2, 0.25) is 0 Å². The Balaban J connectivity index is 1.81. The molecule has 0 aliphatic heterocycles. The number of nitrogens with one attached hydrogen (secondary N) is 2. The molecule has 2 aromatic rings. The Labute approximate surface area is 129 Å². The molecule has 2 rings (SSSR count). The molecule has 1 aromatic heterocycles. The quantitative estimate of drug-likeness (QED) is 0.847. The number of aryl methyl sites for hydroxylation is 1. The van der Waals surface area contributed by atoms with Gasteiger partial charge in [-0.3, -0.25) is 4.98 Å². The van der Waals surface area contributed by atoms with Crippen LogP contribution >= 0.6 is 23.8 Å². The maximum absolute atomic E-state index is 6.14. The van der Waals surface area contributed by atoms with Crippen LogP contribution in [0, 0.1) is 6.92 Å². The first-order valence-electron chi connectivity index (χ1n) is 6.36. The molecule has 2 N–H and O–H groups in total. The number of benzene rings is 1. The highest BCUT2D eigenvalue weighted by molar-refractivity contribution is 7.80. The van der Waals surface area contributed by atoms with Gasteiger partial charge in [-0.15, -0.1) is 0 Å². The lowest BCUT2D eigenvalue weighted by Crippen LogP contribution is -2.30. The molecule has 0 amide bonds. The van der Waals surface area contributed by atoms with Gasteiger partial charge in [0.15, 0.2) is 5.11 Å². The van der Waals surface area contributed by atoms with Crippen LogP contribution in [-0.2, 0) is 6.42 Å². The van der Waals surface area contributed by atoms with Crippen LogP contribution in [-0.4, -0.2) is 16.6 Å². The summed E-state index contributed by atoms with van der Waals surface area (Å²) in [5.74, 6) is 0. The second-order valence-electron chi connectivity index (χ2n) is 4.44. The van der Waals surface area contributed by atoms with Gasteiger partial charge in [-0.2, -0.15) is 0 Å². The van der Waals surface area contributed by atoms with Gasteiger partial charge in [0.25, 0.3) is 0 Å². The van der Waals surface area contributed by atoms with Crippen molar-refractivity contribution in [3.8, 4) is 0 Å². The Bertz CT molecular complexity index is 587. The molecule has 1 heterocycles. The van der Waals surface area contributed by atoms with E-state index in [0.717, 1.165) is 29.9 Å². The molecule has 5 heteroatoms. The molecule has 20 heavy (non-hydrogen) atoms. The van der Waals surface area contributed by atoms with Crippen molar-refractivity contribution in [3.63, 3.8) is 0 Å². The van der Waals surface area contributed by atoms with Crippen molar-refractivity contribution in [2.45, 2.75) is 13.3 Å². The van der Waals surface area contributed by atoms with Crippen molar-refractivity contribution in [1.82, 2.24) is 10.3 Å². The molecule has 0 atom stereocenters. The summed E-state index contributed by atoms with van der Waals surface area (Å²) in [5.41, 5.74) is 2.97. The van der Waals surface area contributed by atoms with Crippen molar-refractivity contribution in [2.75, 3.05) is 11.9 Å². The standard InChI is InChI=1S/C15H16ClN3S/c1-11-5-6-14(13(16)10-11)19-15(20)18-9-7-12-4-2-3-8-17-12/h2-6,8,10H,7,9H2,1H3,(H2,18,19,20). The molecule has 0 fully saturated rings. The molecule has 104 valence electrons. The van der Waals surface area contributed by atoms with Crippen molar-refractivity contribution < 1.29 is 0 Å². The maximum atomic E-state index is 6.14. The van der Waals surface area contributed by atoms with E-state index >= 15 is 0 Å². The highest BCUT2D eigenvalue weighted by atomic mass is 35.5. The van der Waals surface area contributed by atoms with Gasteiger partial charge in [0, 0.05) is 24.9 Å². The van der Waals surface area contributed by atoms with Gasteiger partial charge in [0.1, 0.15) is 0 Å². The van der Waals surface area contributed by atoms with E-state index in [-0.39, 0.29) is 0 Å². The molecule has 0 aliphatic carbocycles. The average Bonchev–Trinajstić information content (AvgIpc) is 2.43. The van der Waals surface area contributed by atoms with Crippen molar-refractivity contribution in [2.24, 2.45) is 0 Å². The molecule has 0 saturated heterocycles. The average molecular weight is 306 g/mol. The number of aromatic nitrogens is 1. The lowest BCUT2D eigenvalue weighted by molar-refractivity contribution is 0.847. The molecule has 0 spiro atoms. The van der Waals surface area contributed by atoms with Crippen LogP contribution in [0.25, 0.3) is 0 Å². The number of anilines is 1. The number of halogens is 1. The summed E-state index contributed by atoms with van der Waals surface area (Å²) >= 11 is 11.4. The summed E-state index contributed by atoms with van der Waals surface area (Å²) in [7, 11) is 0. The summed E-state index contributed by atoms with van der Waals surface area (Å²) in [5, 5.41) is 7.46. The fraction of sp³-hybridized carbons (Fsp3) is 0.200. The molecule has 3 nitrogen and oxygen atoms in total. The number of nitrogens with zero attached hydrogens (tertiary/aromatic N) is 1. The molecule has 0 unspecified atom stereocenters. The molecule has 0 bridgehead atoms. The molecule has 0 saturated carbocycles. The first kappa shape index (κ1) is 14.8. The minimum atomic E-state index is 0.562. The van der Waals surface area contributed by atoms with Crippen LogP contribution in [0.5, 0.6) is 0 Å². The zero-order valence-corrected chi connectivity index (χ0v) is 12.8. The number of hydrogen-bond donors (Lipinski definition) is 2. The topological polar surface area (TPSA) is 37.0 Å². The predicted molar refractivity (Wildman–Crippen MR) is 88.4 cm³/mol. The molecule has 0 radical (unpaired) electrons. The zero-order valence-electron chi connectivity index (χ0n) is 11.2. The van der Waals surface area contributed by atoms with Gasteiger partial charge in [-0.25, -0.2) is 0 Å². The first-order valence-corrected chi connectivity index (χ1v) is 7.14. The van der Waals surface area contributed by atoms with E-state index < -0.39 is 0 Å². The van der Waals surface area contributed by atoms with Crippen molar-refractivity contribution in [1.29, 1.82) is 0 Å². The zero-order chi connectivity index (χ0) is 14.4. The van der Waals surface area contributed by atoms with Crippen LogP contribution in [0.4, 0.5) is 5.69 Å². The summed E-state index contributed by atoms with van der Waals surface area (Å²) in [4.78, 5) is 4.26. The fourth-order valence-electron chi connectivity index (χ4n) is 1.74. The third-order valence-corrected chi connectivity index (χ3v) is 3.32. The molecule has 1 aromatic carbocycles. The normalized spacial score (nSPS) is 10.1. The van der Waals surface area contributed by atoms with Gasteiger partial charge in [-0.05, 0) is 49.0 Å². The number of thiocarbonyl (C=S) groups is 1. The second kappa shape index (κ2) is 7.22. The van der Waals surface area contributed by atoms with Crippen LogP contribution in [0.15, 0.2) is 42.6 Å². The third-order valence-electron chi connectivity index (χ3n) is 2.77. The monoisotopic (exact) mass is 305 g/mol. The highest BCUT2D eigenvalue weighted by Gasteiger charge is 2.02. The summed E-state index contributed by atoms with van der Waals surface area (Å²) < 4.78 is 0. The Morgan fingerprint density at radius 1 is 1.30 bits per heavy atom. The predicted octanol–water partition coefficient (Wildman–Crippen LogP) is 3.57. The van der Waals surface area contributed by atoms with E-state index in [1.807, 2.05) is 43.3 Å². The number of rotatable bonds is 4. The van der Waals surface area contributed by atoms with Crippen LogP contribution in [0.1, 0.15) is 11.3 Å². The van der Waals surface area contributed by atoms with E-state index in [9.17, 15) is 0 Å². The SMILES string of the molecule is Cc1ccc(NC(=S)NCCc2ccccn2)c(Cl)c1. The van der Waals surface area contributed by atoms with Crippen LogP contribution < -0.4 is 10.6 Å². The minimum absolute atomic E-state index is 0.562. The van der Waals surface area contributed by atoms with Crippen molar-refractivity contribution in [3.05, 3.63) is 58.9 Å². The molecular weight excluding hydrogens is 290 g/mol. The highest BCUT2D eigenvalue weighted by Crippen LogP contribution is 2.22.